The number of nitrogens with one attached hydrogen (secondary N) is 1. The predicted octanol–water partition coefficient (Wildman–Crippen LogP) is 1.60. The highest BCUT2D eigenvalue weighted by molar-refractivity contribution is 5.89. The zero-order valence-corrected chi connectivity index (χ0v) is 9.94. The van der Waals surface area contributed by atoms with Crippen molar-refractivity contribution in [1.82, 2.24) is 5.32 Å². The molecule has 4 nitrogen and oxygen atoms in total. The van der Waals surface area contributed by atoms with Crippen LogP contribution in [-0.4, -0.2) is 31.8 Å². The Labute approximate surface area is 101 Å². The molecule has 0 unspecified atom stereocenters. The summed E-state index contributed by atoms with van der Waals surface area (Å²) >= 11 is 0. The second-order valence-corrected chi connectivity index (χ2v) is 3.98. The Kier molecular flexibility index (Phi) is 3.98. The quantitative estimate of drug-likeness (QED) is 0.805. The number of carbonyl (C=O) groups excluding carboxylic acids is 1. The number of carbonyl (C=O) groups is 1. The monoisotopic (exact) mass is 235 g/mol. The first-order chi connectivity index (χ1) is 8.29. The van der Waals surface area contributed by atoms with Gasteiger partial charge in [-0.1, -0.05) is 0 Å². The summed E-state index contributed by atoms with van der Waals surface area (Å²) in [7, 11) is 0. The van der Waals surface area contributed by atoms with Crippen molar-refractivity contribution < 1.29 is 14.3 Å². The minimum Gasteiger partial charge on any atom is -0.489 e. The van der Waals surface area contributed by atoms with Gasteiger partial charge in [0, 0.05) is 6.54 Å². The molecule has 1 saturated heterocycles. The van der Waals surface area contributed by atoms with Crippen LogP contribution >= 0.6 is 0 Å². The van der Waals surface area contributed by atoms with E-state index in [4.69, 9.17) is 9.47 Å². The van der Waals surface area contributed by atoms with Gasteiger partial charge in [0.15, 0.2) is 0 Å². The molecule has 0 bridgehead atoms. The molecule has 0 spiro atoms. The third-order valence-electron chi connectivity index (χ3n) is 2.68. The molecule has 0 saturated carbocycles. The SMILES string of the molecule is CCOC(=O)c1ccc(O[C@H]2CCNC2)cc1. The number of hydrogen-bond donors (Lipinski definition) is 1. The minimum absolute atomic E-state index is 0.239. The van der Waals surface area contributed by atoms with E-state index in [1.165, 1.54) is 0 Å². The second kappa shape index (κ2) is 5.68. The number of ether oxygens (including phenoxy) is 2. The largest absolute Gasteiger partial charge is 0.489 e. The van der Waals surface area contributed by atoms with E-state index in [9.17, 15) is 4.79 Å². The smallest absolute Gasteiger partial charge is 0.338 e. The van der Waals surface area contributed by atoms with E-state index in [0.717, 1.165) is 25.3 Å². The molecule has 1 fully saturated rings. The maximum Gasteiger partial charge on any atom is 0.338 e. The van der Waals surface area contributed by atoms with Crippen LogP contribution < -0.4 is 10.1 Å². The first-order valence-electron chi connectivity index (χ1n) is 5.94. The van der Waals surface area contributed by atoms with Gasteiger partial charge in [-0.3, -0.25) is 0 Å². The zero-order valence-electron chi connectivity index (χ0n) is 9.94. The van der Waals surface area contributed by atoms with E-state index in [1.54, 1.807) is 19.1 Å². The Morgan fingerprint density at radius 1 is 1.41 bits per heavy atom. The molecular weight excluding hydrogens is 218 g/mol. The van der Waals surface area contributed by atoms with Gasteiger partial charge in [-0.15, -0.1) is 0 Å². The van der Waals surface area contributed by atoms with Gasteiger partial charge in [0.2, 0.25) is 0 Å². The van der Waals surface area contributed by atoms with Crippen molar-refractivity contribution in [3.8, 4) is 5.75 Å². The highest BCUT2D eigenvalue weighted by Crippen LogP contribution is 2.16. The van der Waals surface area contributed by atoms with Gasteiger partial charge in [0.05, 0.1) is 12.2 Å². The summed E-state index contributed by atoms with van der Waals surface area (Å²) in [6.45, 7) is 4.08. The first-order valence-corrected chi connectivity index (χ1v) is 5.94. The van der Waals surface area contributed by atoms with Gasteiger partial charge in [-0.05, 0) is 44.2 Å². The average molecular weight is 235 g/mol. The summed E-state index contributed by atoms with van der Waals surface area (Å²) in [5.74, 6) is 0.508. The van der Waals surface area contributed by atoms with Gasteiger partial charge in [-0.25, -0.2) is 4.79 Å². The van der Waals surface area contributed by atoms with Crippen LogP contribution in [0.15, 0.2) is 24.3 Å². The number of rotatable bonds is 4. The lowest BCUT2D eigenvalue weighted by molar-refractivity contribution is 0.0526. The fourth-order valence-corrected chi connectivity index (χ4v) is 1.81. The van der Waals surface area contributed by atoms with Crippen LogP contribution in [-0.2, 0) is 4.74 Å². The topological polar surface area (TPSA) is 47.6 Å². The van der Waals surface area contributed by atoms with E-state index >= 15 is 0 Å². The maximum absolute atomic E-state index is 11.4. The van der Waals surface area contributed by atoms with E-state index in [0.29, 0.717) is 12.2 Å². The standard InChI is InChI=1S/C13H17NO3/c1-2-16-13(15)10-3-5-11(6-4-10)17-12-7-8-14-9-12/h3-6,12,14H,2,7-9H2,1H3/t12-/m0/s1. The summed E-state index contributed by atoms with van der Waals surface area (Å²) in [5, 5.41) is 3.24. The Morgan fingerprint density at radius 3 is 2.76 bits per heavy atom. The van der Waals surface area contributed by atoms with Crippen LogP contribution in [0.25, 0.3) is 0 Å². The number of benzene rings is 1. The van der Waals surface area contributed by atoms with Crippen LogP contribution in [0.4, 0.5) is 0 Å². The molecule has 92 valence electrons. The number of hydrogen-bond acceptors (Lipinski definition) is 4. The Balaban J connectivity index is 1.94. The summed E-state index contributed by atoms with van der Waals surface area (Å²) in [4.78, 5) is 11.4. The third kappa shape index (κ3) is 3.20. The van der Waals surface area contributed by atoms with Crippen molar-refractivity contribution in [3.05, 3.63) is 29.8 Å². The van der Waals surface area contributed by atoms with Crippen LogP contribution in [0, 0.1) is 0 Å². The lowest BCUT2D eigenvalue weighted by atomic mass is 10.2. The highest BCUT2D eigenvalue weighted by atomic mass is 16.5. The van der Waals surface area contributed by atoms with Crippen molar-refractivity contribution in [3.63, 3.8) is 0 Å². The molecule has 1 aromatic carbocycles. The van der Waals surface area contributed by atoms with Gasteiger partial charge >= 0.3 is 5.97 Å². The first kappa shape index (κ1) is 11.9. The van der Waals surface area contributed by atoms with Crippen LogP contribution in [0.3, 0.4) is 0 Å². The maximum atomic E-state index is 11.4. The lowest BCUT2D eigenvalue weighted by Crippen LogP contribution is -2.19. The van der Waals surface area contributed by atoms with Crippen LogP contribution in [0.2, 0.25) is 0 Å². The Hall–Kier alpha value is -1.55. The fourth-order valence-electron chi connectivity index (χ4n) is 1.81. The normalized spacial score (nSPS) is 19.0. The summed E-state index contributed by atoms with van der Waals surface area (Å²) in [5.41, 5.74) is 0.559. The van der Waals surface area contributed by atoms with Crippen molar-refractivity contribution in [2.24, 2.45) is 0 Å². The summed E-state index contributed by atoms with van der Waals surface area (Å²) in [6.07, 6.45) is 1.27. The molecular formula is C13H17NO3. The lowest BCUT2D eigenvalue weighted by Gasteiger charge is -2.12. The molecule has 1 heterocycles. The van der Waals surface area contributed by atoms with Gasteiger partial charge < -0.3 is 14.8 Å². The molecule has 1 N–H and O–H groups in total. The molecule has 0 radical (unpaired) electrons. The van der Waals surface area contributed by atoms with Gasteiger partial charge in [-0.2, -0.15) is 0 Å². The predicted molar refractivity (Wildman–Crippen MR) is 64.3 cm³/mol. The minimum atomic E-state index is -0.290. The average Bonchev–Trinajstić information content (AvgIpc) is 2.83. The molecule has 4 heteroatoms. The van der Waals surface area contributed by atoms with Crippen LogP contribution in [0.1, 0.15) is 23.7 Å². The zero-order chi connectivity index (χ0) is 12.1. The Bertz CT molecular complexity index is 369. The summed E-state index contributed by atoms with van der Waals surface area (Å²) < 4.78 is 10.7. The molecule has 2 rings (SSSR count). The van der Waals surface area contributed by atoms with Crippen molar-refractivity contribution >= 4 is 5.97 Å². The van der Waals surface area contributed by atoms with E-state index in [1.807, 2.05) is 12.1 Å². The summed E-state index contributed by atoms with van der Waals surface area (Å²) in [6, 6.07) is 7.08. The van der Waals surface area contributed by atoms with Crippen molar-refractivity contribution in [2.75, 3.05) is 19.7 Å². The molecule has 0 aliphatic carbocycles. The van der Waals surface area contributed by atoms with E-state index < -0.39 is 0 Å². The van der Waals surface area contributed by atoms with E-state index in [2.05, 4.69) is 5.32 Å². The number of esters is 1. The molecule has 1 atom stereocenters. The van der Waals surface area contributed by atoms with Gasteiger partial charge in [0.1, 0.15) is 11.9 Å². The third-order valence-corrected chi connectivity index (χ3v) is 2.68. The van der Waals surface area contributed by atoms with Gasteiger partial charge in [0.25, 0.3) is 0 Å². The molecule has 1 aliphatic rings. The molecule has 0 aromatic heterocycles. The van der Waals surface area contributed by atoms with Crippen molar-refractivity contribution in [1.29, 1.82) is 0 Å². The molecule has 1 aromatic rings. The second-order valence-electron chi connectivity index (χ2n) is 3.98. The van der Waals surface area contributed by atoms with Crippen molar-refractivity contribution in [2.45, 2.75) is 19.4 Å². The van der Waals surface area contributed by atoms with E-state index in [-0.39, 0.29) is 12.1 Å². The molecule has 0 amide bonds. The Morgan fingerprint density at radius 2 is 2.18 bits per heavy atom. The molecule has 1 aliphatic heterocycles. The fraction of sp³-hybridized carbons (Fsp3) is 0.462. The highest BCUT2D eigenvalue weighted by Gasteiger charge is 2.16. The van der Waals surface area contributed by atoms with Crippen LogP contribution in [0.5, 0.6) is 5.75 Å². The molecule has 17 heavy (non-hydrogen) atoms.